The van der Waals surface area contributed by atoms with Gasteiger partial charge in [-0.15, -0.1) is 0 Å². The van der Waals surface area contributed by atoms with Crippen molar-refractivity contribution < 1.29 is 23.7 Å². The Labute approximate surface area is 203 Å². The highest BCUT2D eigenvalue weighted by Gasteiger charge is 2.43. The maximum absolute atomic E-state index is 13.8. The Morgan fingerprint density at radius 1 is 0.656 bits per heavy atom. The number of ketones is 1. The van der Waals surface area contributed by atoms with Gasteiger partial charge in [0.05, 0.1) is 34.4 Å². The topological polar surface area (TPSA) is 54.0 Å². The summed E-state index contributed by atoms with van der Waals surface area (Å²) in [7, 11) is 6.34. The fourth-order valence-corrected chi connectivity index (χ4v) is 5.17. The van der Waals surface area contributed by atoms with Crippen LogP contribution in [0.25, 0.3) is 0 Å². The average molecular weight is 562 g/mol. The first-order valence-corrected chi connectivity index (χ1v) is 11.5. The first-order chi connectivity index (χ1) is 15.4. The van der Waals surface area contributed by atoms with Gasteiger partial charge in [-0.2, -0.15) is 0 Å². The van der Waals surface area contributed by atoms with E-state index in [1.54, 1.807) is 34.5 Å². The molecule has 0 amide bonds. The van der Waals surface area contributed by atoms with E-state index in [0.29, 0.717) is 28.6 Å². The van der Waals surface area contributed by atoms with Gasteiger partial charge in [0.25, 0.3) is 0 Å². The number of halogens is 2. The first-order valence-electron chi connectivity index (χ1n) is 9.90. The summed E-state index contributed by atoms with van der Waals surface area (Å²) in [6, 6.07) is 15.4. The number of carbonyl (C=O) groups is 1. The van der Waals surface area contributed by atoms with Crippen molar-refractivity contribution in [3.8, 4) is 23.0 Å². The maximum atomic E-state index is 13.8. The van der Waals surface area contributed by atoms with E-state index in [-0.39, 0.29) is 11.7 Å². The SMILES string of the molecule is COc1cc(Br)c([C@H]2C(=O)c3cc(OC)c(OC)cc3[C@H]2c2ccc(Br)cc2)cc1OC. The Balaban J connectivity index is 1.97. The predicted molar refractivity (Wildman–Crippen MR) is 130 cm³/mol. The molecule has 0 spiro atoms. The van der Waals surface area contributed by atoms with Gasteiger partial charge >= 0.3 is 0 Å². The normalized spacial score (nSPS) is 17.1. The number of benzene rings is 3. The second kappa shape index (κ2) is 9.16. The monoisotopic (exact) mass is 560 g/mol. The highest BCUT2D eigenvalue weighted by molar-refractivity contribution is 9.10. The molecular weight excluding hydrogens is 540 g/mol. The molecule has 0 aromatic heterocycles. The van der Waals surface area contributed by atoms with E-state index < -0.39 is 5.92 Å². The van der Waals surface area contributed by atoms with Crippen molar-refractivity contribution in [1.82, 2.24) is 0 Å². The van der Waals surface area contributed by atoms with E-state index in [1.165, 1.54) is 0 Å². The van der Waals surface area contributed by atoms with Crippen molar-refractivity contribution in [2.45, 2.75) is 11.8 Å². The molecule has 3 aromatic carbocycles. The summed E-state index contributed by atoms with van der Waals surface area (Å²) in [5.41, 5.74) is 3.39. The number of hydrogen-bond donors (Lipinski definition) is 0. The van der Waals surface area contributed by atoms with E-state index in [4.69, 9.17) is 18.9 Å². The van der Waals surface area contributed by atoms with Crippen molar-refractivity contribution in [2.75, 3.05) is 28.4 Å². The van der Waals surface area contributed by atoms with Crippen LogP contribution in [-0.4, -0.2) is 34.2 Å². The summed E-state index contributed by atoms with van der Waals surface area (Å²) in [4.78, 5) is 13.8. The zero-order valence-electron chi connectivity index (χ0n) is 18.1. The summed E-state index contributed by atoms with van der Waals surface area (Å²) in [6.45, 7) is 0. The Morgan fingerprint density at radius 2 is 1.16 bits per heavy atom. The van der Waals surface area contributed by atoms with Gasteiger partial charge in [0.1, 0.15) is 0 Å². The molecule has 0 saturated heterocycles. The number of Topliss-reactive ketones (excluding diaryl/α,β-unsaturated/α-hetero) is 1. The lowest BCUT2D eigenvalue weighted by Crippen LogP contribution is -2.14. The molecule has 0 saturated carbocycles. The molecule has 1 aliphatic carbocycles. The molecule has 0 unspecified atom stereocenters. The van der Waals surface area contributed by atoms with Gasteiger partial charge < -0.3 is 18.9 Å². The average Bonchev–Trinajstić information content (AvgIpc) is 3.09. The summed E-state index contributed by atoms with van der Waals surface area (Å²) in [6.07, 6.45) is 0. The summed E-state index contributed by atoms with van der Waals surface area (Å²) < 4.78 is 23.7. The third-order valence-electron chi connectivity index (χ3n) is 5.84. The largest absolute Gasteiger partial charge is 0.493 e. The molecule has 2 atom stereocenters. The Kier molecular flexibility index (Phi) is 6.49. The number of rotatable bonds is 6. The van der Waals surface area contributed by atoms with Crippen molar-refractivity contribution in [3.63, 3.8) is 0 Å². The highest BCUT2D eigenvalue weighted by Crippen LogP contribution is 2.53. The third-order valence-corrected chi connectivity index (χ3v) is 7.05. The number of hydrogen-bond acceptors (Lipinski definition) is 5. The lowest BCUT2D eigenvalue weighted by molar-refractivity contribution is 0.0967. The van der Waals surface area contributed by atoms with E-state index in [9.17, 15) is 4.79 Å². The molecule has 0 radical (unpaired) electrons. The predicted octanol–water partition coefficient (Wildman–Crippen LogP) is 6.36. The van der Waals surface area contributed by atoms with Crippen LogP contribution >= 0.6 is 31.9 Å². The van der Waals surface area contributed by atoms with Crippen LogP contribution in [0.1, 0.15) is 38.9 Å². The number of ether oxygens (including phenoxy) is 4. The second-order valence-electron chi connectivity index (χ2n) is 7.39. The molecule has 5 nitrogen and oxygen atoms in total. The smallest absolute Gasteiger partial charge is 0.171 e. The molecule has 0 fully saturated rings. The minimum absolute atomic E-state index is 0.0155. The Bertz CT molecular complexity index is 1170. The van der Waals surface area contributed by atoms with Gasteiger partial charge in [-0.25, -0.2) is 0 Å². The van der Waals surface area contributed by atoms with E-state index in [2.05, 4.69) is 31.9 Å². The van der Waals surface area contributed by atoms with Gasteiger partial charge in [0.2, 0.25) is 0 Å². The molecule has 0 bridgehead atoms. The van der Waals surface area contributed by atoms with E-state index in [1.807, 2.05) is 42.5 Å². The molecule has 4 rings (SSSR count). The molecule has 166 valence electrons. The minimum Gasteiger partial charge on any atom is -0.493 e. The van der Waals surface area contributed by atoms with Crippen LogP contribution in [0.5, 0.6) is 23.0 Å². The number of fused-ring (bicyclic) bond motifs is 1. The van der Waals surface area contributed by atoms with Crippen LogP contribution < -0.4 is 18.9 Å². The standard InChI is InChI=1S/C25H22Br2O5/c1-29-19-9-15-16(10-20(19)30-2)25(28)24(23(15)13-5-7-14(26)8-6-13)17-11-21(31-3)22(32-4)12-18(17)27/h5-12,23-24H,1-4H3/t23-,24-/m1/s1. The van der Waals surface area contributed by atoms with Crippen LogP contribution in [0.2, 0.25) is 0 Å². The van der Waals surface area contributed by atoms with Gasteiger partial charge in [-0.05, 0) is 53.1 Å². The summed E-state index contributed by atoms with van der Waals surface area (Å²) >= 11 is 7.16. The third kappa shape index (κ3) is 3.77. The molecule has 32 heavy (non-hydrogen) atoms. The zero-order chi connectivity index (χ0) is 23.0. The van der Waals surface area contributed by atoms with Crippen LogP contribution in [0, 0.1) is 0 Å². The number of methoxy groups -OCH3 is 4. The molecule has 1 aliphatic rings. The van der Waals surface area contributed by atoms with Crippen molar-refractivity contribution >= 4 is 37.6 Å². The van der Waals surface area contributed by atoms with Crippen LogP contribution in [0.4, 0.5) is 0 Å². The fraction of sp³-hybridized carbons (Fsp3) is 0.240. The van der Waals surface area contributed by atoms with Crippen molar-refractivity contribution in [2.24, 2.45) is 0 Å². The summed E-state index contributed by atoms with van der Waals surface area (Å²) in [5.74, 6) is 1.63. The molecule has 0 N–H and O–H groups in total. The van der Waals surface area contributed by atoms with Gasteiger partial charge in [0.15, 0.2) is 28.8 Å². The first kappa shape index (κ1) is 22.7. The number of carbonyl (C=O) groups excluding carboxylic acids is 1. The zero-order valence-corrected chi connectivity index (χ0v) is 21.2. The van der Waals surface area contributed by atoms with Gasteiger partial charge in [0, 0.05) is 20.4 Å². The Hall–Kier alpha value is -2.51. The van der Waals surface area contributed by atoms with Crippen LogP contribution in [0.3, 0.4) is 0 Å². The minimum atomic E-state index is -0.461. The lowest BCUT2D eigenvalue weighted by Gasteiger charge is -2.23. The molecular formula is C25H22Br2O5. The van der Waals surface area contributed by atoms with Gasteiger partial charge in [-0.3, -0.25) is 4.79 Å². The van der Waals surface area contributed by atoms with Crippen LogP contribution in [-0.2, 0) is 0 Å². The van der Waals surface area contributed by atoms with E-state index >= 15 is 0 Å². The molecule has 3 aromatic rings. The second-order valence-corrected chi connectivity index (χ2v) is 9.16. The lowest BCUT2D eigenvalue weighted by atomic mass is 9.81. The van der Waals surface area contributed by atoms with Gasteiger partial charge in [-0.1, -0.05) is 44.0 Å². The van der Waals surface area contributed by atoms with Crippen LogP contribution in [0.15, 0.2) is 57.5 Å². The van der Waals surface area contributed by atoms with E-state index in [0.717, 1.165) is 25.6 Å². The van der Waals surface area contributed by atoms with Crippen molar-refractivity contribution in [3.05, 3.63) is 79.7 Å². The molecule has 0 heterocycles. The molecule has 7 heteroatoms. The highest BCUT2D eigenvalue weighted by atomic mass is 79.9. The maximum Gasteiger partial charge on any atom is 0.171 e. The Morgan fingerprint density at radius 3 is 1.72 bits per heavy atom. The molecule has 0 aliphatic heterocycles. The summed E-state index contributed by atoms with van der Waals surface area (Å²) in [5, 5.41) is 0. The van der Waals surface area contributed by atoms with Crippen molar-refractivity contribution in [1.29, 1.82) is 0 Å². The fourth-order valence-electron chi connectivity index (χ4n) is 4.34. The quantitative estimate of drug-likeness (QED) is 0.350.